The van der Waals surface area contributed by atoms with Gasteiger partial charge in [0.2, 0.25) is 0 Å². The normalized spacial score (nSPS) is 19.7. The molecule has 1 aromatic heterocycles. The average Bonchev–Trinajstić information content (AvgIpc) is 2.66. The van der Waals surface area contributed by atoms with Crippen LogP contribution >= 0.6 is 0 Å². The fourth-order valence-corrected chi connectivity index (χ4v) is 3.28. The van der Waals surface area contributed by atoms with Crippen LogP contribution in [0, 0.1) is 0 Å². The van der Waals surface area contributed by atoms with E-state index < -0.39 is 0 Å². The van der Waals surface area contributed by atoms with Crippen molar-refractivity contribution in [1.82, 2.24) is 19.6 Å². The van der Waals surface area contributed by atoms with Crippen LogP contribution in [0.25, 0.3) is 0 Å². The molecular weight excluding hydrogens is 324 g/mol. The van der Waals surface area contributed by atoms with Gasteiger partial charge in [-0.3, -0.25) is 14.5 Å². The highest BCUT2D eigenvalue weighted by molar-refractivity contribution is 5.92. The Morgan fingerprint density at radius 2 is 1.88 bits per heavy atom. The molecule has 2 aliphatic heterocycles. The molecule has 0 unspecified atom stereocenters. The van der Waals surface area contributed by atoms with E-state index in [4.69, 9.17) is 9.47 Å². The van der Waals surface area contributed by atoms with Crippen LogP contribution in [0.3, 0.4) is 0 Å². The summed E-state index contributed by atoms with van der Waals surface area (Å²) in [6.07, 6.45) is 1.67. The number of carbonyl (C=O) groups is 1. The van der Waals surface area contributed by atoms with Crippen molar-refractivity contribution in [2.24, 2.45) is 7.05 Å². The molecule has 2 aliphatic rings. The number of rotatable bonds is 5. The second kappa shape index (κ2) is 8.55. The van der Waals surface area contributed by atoms with Crippen LogP contribution in [0.5, 0.6) is 0 Å². The third-order valence-corrected chi connectivity index (χ3v) is 4.83. The Labute approximate surface area is 147 Å². The Kier molecular flexibility index (Phi) is 6.17. The molecule has 0 saturated carbocycles. The van der Waals surface area contributed by atoms with Crippen LogP contribution in [0.4, 0.5) is 0 Å². The van der Waals surface area contributed by atoms with E-state index in [-0.39, 0.29) is 17.5 Å². The van der Waals surface area contributed by atoms with E-state index in [0.717, 1.165) is 45.7 Å². The first-order valence-corrected chi connectivity index (χ1v) is 8.88. The first-order chi connectivity index (χ1) is 12.1. The zero-order valence-corrected chi connectivity index (χ0v) is 14.7. The molecule has 0 spiro atoms. The molecule has 8 heteroatoms. The Hall–Kier alpha value is -1.77. The lowest BCUT2D eigenvalue weighted by Gasteiger charge is -2.36. The van der Waals surface area contributed by atoms with Crippen molar-refractivity contribution in [3.63, 3.8) is 0 Å². The first kappa shape index (κ1) is 18.0. The van der Waals surface area contributed by atoms with Crippen LogP contribution < -0.4 is 5.56 Å². The number of hydrogen-bond acceptors (Lipinski definition) is 6. The van der Waals surface area contributed by atoms with E-state index in [9.17, 15) is 9.59 Å². The maximum Gasteiger partial charge on any atom is 0.274 e. The lowest BCUT2D eigenvalue weighted by molar-refractivity contribution is 0.0138. The summed E-state index contributed by atoms with van der Waals surface area (Å²) in [6.45, 7) is 6.09. The minimum Gasteiger partial charge on any atom is -0.381 e. The van der Waals surface area contributed by atoms with Crippen LogP contribution in [0.15, 0.2) is 16.9 Å². The highest BCUT2D eigenvalue weighted by atomic mass is 16.5. The number of morpholine rings is 1. The van der Waals surface area contributed by atoms with Gasteiger partial charge in [-0.05, 0) is 18.9 Å². The Bertz CT molecular complexity index is 636. The van der Waals surface area contributed by atoms with Crippen molar-refractivity contribution in [2.45, 2.75) is 18.9 Å². The van der Waals surface area contributed by atoms with Crippen molar-refractivity contribution in [1.29, 1.82) is 0 Å². The second-order valence-electron chi connectivity index (χ2n) is 6.48. The summed E-state index contributed by atoms with van der Waals surface area (Å²) in [4.78, 5) is 28.8. The van der Waals surface area contributed by atoms with Gasteiger partial charge < -0.3 is 14.4 Å². The summed E-state index contributed by atoms with van der Waals surface area (Å²) in [6, 6.07) is 3.07. The molecule has 25 heavy (non-hydrogen) atoms. The number of carbonyl (C=O) groups excluding carboxylic acids is 1. The number of amides is 1. The topological polar surface area (TPSA) is 76.9 Å². The molecule has 2 saturated heterocycles. The maximum atomic E-state index is 13.0. The zero-order chi connectivity index (χ0) is 17.6. The highest BCUT2D eigenvalue weighted by Crippen LogP contribution is 2.17. The predicted octanol–water partition coefficient (Wildman–Crippen LogP) is -0.266. The molecule has 138 valence electrons. The summed E-state index contributed by atoms with van der Waals surface area (Å²) in [5.41, 5.74) is 0.0954. The Balaban J connectivity index is 1.72. The van der Waals surface area contributed by atoms with Gasteiger partial charge in [-0.1, -0.05) is 0 Å². The quantitative estimate of drug-likeness (QED) is 0.728. The first-order valence-electron chi connectivity index (χ1n) is 8.88. The number of nitrogens with zero attached hydrogens (tertiary/aromatic N) is 4. The highest BCUT2D eigenvalue weighted by Gasteiger charge is 2.28. The monoisotopic (exact) mass is 350 g/mol. The minimum absolute atomic E-state index is 0.115. The third-order valence-electron chi connectivity index (χ3n) is 4.83. The van der Waals surface area contributed by atoms with Gasteiger partial charge in [0.1, 0.15) is 5.69 Å². The zero-order valence-electron chi connectivity index (χ0n) is 14.7. The van der Waals surface area contributed by atoms with E-state index >= 15 is 0 Å². The standard InChI is InChI=1S/C17H26N4O4/c1-19-16(22)3-2-15(18-19)17(23)21(14-4-10-24-11-5-14)7-6-20-8-12-25-13-9-20/h2-3,14H,4-13H2,1H3. The van der Waals surface area contributed by atoms with Crippen molar-refractivity contribution >= 4 is 5.91 Å². The van der Waals surface area contributed by atoms with E-state index in [2.05, 4.69) is 10.00 Å². The molecule has 2 fully saturated rings. The SMILES string of the molecule is Cn1nc(C(=O)N(CCN2CCOCC2)C2CCOCC2)ccc1=O. The summed E-state index contributed by atoms with van der Waals surface area (Å²) >= 11 is 0. The Morgan fingerprint density at radius 3 is 2.56 bits per heavy atom. The van der Waals surface area contributed by atoms with Gasteiger partial charge in [0.25, 0.3) is 11.5 Å². The number of aryl methyl sites for hydroxylation is 1. The van der Waals surface area contributed by atoms with Gasteiger partial charge in [-0.15, -0.1) is 0 Å². The van der Waals surface area contributed by atoms with Gasteiger partial charge in [0, 0.05) is 58.5 Å². The average molecular weight is 350 g/mol. The van der Waals surface area contributed by atoms with Gasteiger partial charge in [-0.25, -0.2) is 4.68 Å². The molecule has 0 atom stereocenters. The van der Waals surface area contributed by atoms with Gasteiger partial charge in [0.05, 0.1) is 13.2 Å². The molecule has 8 nitrogen and oxygen atoms in total. The lowest BCUT2D eigenvalue weighted by atomic mass is 10.1. The fourth-order valence-electron chi connectivity index (χ4n) is 3.28. The number of hydrogen-bond donors (Lipinski definition) is 0. The molecule has 0 N–H and O–H groups in total. The lowest BCUT2D eigenvalue weighted by Crippen LogP contribution is -2.48. The molecule has 1 amide bonds. The fraction of sp³-hybridized carbons (Fsp3) is 0.706. The van der Waals surface area contributed by atoms with Crippen LogP contribution in [0.2, 0.25) is 0 Å². The molecular formula is C17H26N4O4. The van der Waals surface area contributed by atoms with Gasteiger partial charge in [-0.2, -0.15) is 5.10 Å². The van der Waals surface area contributed by atoms with Crippen LogP contribution in [-0.4, -0.2) is 84.1 Å². The molecule has 0 bridgehead atoms. The molecule has 0 aliphatic carbocycles. The van der Waals surface area contributed by atoms with Crippen molar-refractivity contribution in [3.8, 4) is 0 Å². The second-order valence-corrected chi connectivity index (χ2v) is 6.48. The van der Waals surface area contributed by atoms with Crippen molar-refractivity contribution in [3.05, 3.63) is 28.2 Å². The van der Waals surface area contributed by atoms with Crippen LogP contribution in [0.1, 0.15) is 23.3 Å². The van der Waals surface area contributed by atoms with E-state index in [1.54, 1.807) is 7.05 Å². The summed E-state index contributed by atoms with van der Waals surface area (Å²) < 4.78 is 12.0. The number of ether oxygens (including phenoxy) is 2. The van der Waals surface area contributed by atoms with E-state index in [1.165, 1.54) is 16.8 Å². The van der Waals surface area contributed by atoms with E-state index in [0.29, 0.717) is 25.5 Å². The smallest absolute Gasteiger partial charge is 0.274 e. The van der Waals surface area contributed by atoms with Gasteiger partial charge >= 0.3 is 0 Å². The largest absolute Gasteiger partial charge is 0.381 e. The molecule has 0 aromatic carbocycles. The Morgan fingerprint density at radius 1 is 1.20 bits per heavy atom. The molecule has 1 aromatic rings. The third kappa shape index (κ3) is 4.65. The number of aromatic nitrogens is 2. The summed E-state index contributed by atoms with van der Waals surface area (Å²) in [7, 11) is 1.56. The molecule has 3 rings (SSSR count). The van der Waals surface area contributed by atoms with Crippen molar-refractivity contribution in [2.75, 3.05) is 52.6 Å². The summed E-state index contributed by atoms with van der Waals surface area (Å²) in [5, 5.41) is 4.13. The minimum atomic E-state index is -0.220. The predicted molar refractivity (Wildman–Crippen MR) is 91.6 cm³/mol. The molecule has 0 radical (unpaired) electrons. The maximum absolute atomic E-state index is 13.0. The van der Waals surface area contributed by atoms with Crippen molar-refractivity contribution < 1.29 is 14.3 Å². The summed E-state index contributed by atoms with van der Waals surface area (Å²) in [5.74, 6) is -0.115. The van der Waals surface area contributed by atoms with Crippen LogP contribution in [-0.2, 0) is 16.5 Å². The molecule has 3 heterocycles. The van der Waals surface area contributed by atoms with E-state index in [1.807, 2.05) is 4.90 Å². The van der Waals surface area contributed by atoms with Gasteiger partial charge in [0.15, 0.2) is 0 Å².